The third-order valence-electron chi connectivity index (χ3n) is 2.20. The normalized spacial score (nSPS) is 14.4. The van der Waals surface area contributed by atoms with Crippen LogP contribution in [0.3, 0.4) is 0 Å². The summed E-state index contributed by atoms with van der Waals surface area (Å²) in [6.07, 6.45) is -0.0809. The lowest BCUT2D eigenvalue weighted by Gasteiger charge is -2.14. The topological polar surface area (TPSA) is 44.0 Å². The number of benzene rings is 1. The van der Waals surface area contributed by atoms with E-state index in [1.54, 1.807) is 24.3 Å². The smallest absolute Gasteiger partial charge is 0.0948 e. The van der Waals surface area contributed by atoms with Gasteiger partial charge in [0.05, 0.1) is 18.1 Å². The Labute approximate surface area is 88.7 Å². The summed E-state index contributed by atoms with van der Waals surface area (Å²) in [5.74, 6) is -0.351. The second kappa shape index (κ2) is 4.99. The van der Waals surface area contributed by atoms with Crippen LogP contribution in [0.2, 0.25) is 5.02 Å². The van der Waals surface area contributed by atoms with E-state index < -0.39 is 6.10 Å². The molecule has 3 heteroatoms. The number of nitriles is 1. The molecule has 0 saturated carbocycles. The van der Waals surface area contributed by atoms with Gasteiger partial charge < -0.3 is 5.11 Å². The fraction of sp³-hybridized carbons (Fsp3) is 0.364. The van der Waals surface area contributed by atoms with Crippen molar-refractivity contribution in [3.05, 3.63) is 34.9 Å². The molecule has 0 heterocycles. The molecule has 1 aromatic rings. The van der Waals surface area contributed by atoms with Crippen LogP contribution in [-0.4, -0.2) is 5.11 Å². The lowest BCUT2D eigenvalue weighted by molar-refractivity contribution is 0.133. The highest BCUT2D eigenvalue weighted by Crippen LogP contribution is 2.24. The average Bonchev–Trinajstić information content (AvgIpc) is 2.20. The Bertz CT molecular complexity index is 328. The lowest BCUT2D eigenvalue weighted by atomic mass is 9.95. The van der Waals surface area contributed by atoms with E-state index in [1.807, 2.05) is 6.92 Å². The van der Waals surface area contributed by atoms with Crippen LogP contribution in [-0.2, 0) is 0 Å². The molecule has 0 bridgehead atoms. The molecule has 0 aliphatic heterocycles. The van der Waals surface area contributed by atoms with Gasteiger partial charge in [0.2, 0.25) is 0 Å². The summed E-state index contributed by atoms with van der Waals surface area (Å²) in [5, 5.41) is 19.2. The van der Waals surface area contributed by atoms with Crippen molar-refractivity contribution in [2.45, 2.75) is 19.4 Å². The number of hydrogen-bond donors (Lipinski definition) is 1. The van der Waals surface area contributed by atoms with E-state index in [4.69, 9.17) is 16.9 Å². The van der Waals surface area contributed by atoms with Crippen LogP contribution in [0.5, 0.6) is 0 Å². The van der Waals surface area contributed by atoms with Crippen molar-refractivity contribution < 1.29 is 5.11 Å². The molecule has 0 unspecified atom stereocenters. The Hall–Kier alpha value is -1.04. The van der Waals surface area contributed by atoms with Gasteiger partial charge >= 0.3 is 0 Å². The summed E-state index contributed by atoms with van der Waals surface area (Å²) in [7, 11) is 0. The maximum atomic E-state index is 9.81. The summed E-state index contributed by atoms with van der Waals surface area (Å²) in [6.45, 7) is 1.88. The van der Waals surface area contributed by atoms with E-state index in [9.17, 15) is 5.11 Å². The minimum absolute atomic E-state index is 0.351. The third-order valence-corrected chi connectivity index (χ3v) is 2.45. The quantitative estimate of drug-likeness (QED) is 0.832. The SMILES string of the molecule is CC[C@H](C#N)[C@H](O)c1ccc(Cl)cc1. The van der Waals surface area contributed by atoms with E-state index in [1.165, 1.54) is 0 Å². The first kappa shape index (κ1) is 11.0. The van der Waals surface area contributed by atoms with Gasteiger partial charge in [-0.3, -0.25) is 0 Å². The van der Waals surface area contributed by atoms with Crippen molar-refractivity contribution in [1.29, 1.82) is 5.26 Å². The van der Waals surface area contributed by atoms with Crippen molar-refractivity contribution in [1.82, 2.24) is 0 Å². The molecule has 1 aromatic carbocycles. The Morgan fingerprint density at radius 1 is 1.43 bits per heavy atom. The van der Waals surface area contributed by atoms with Gasteiger partial charge in [0.1, 0.15) is 0 Å². The first-order valence-corrected chi connectivity index (χ1v) is 4.90. The van der Waals surface area contributed by atoms with Gasteiger partial charge in [0.25, 0.3) is 0 Å². The molecule has 0 aromatic heterocycles. The zero-order valence-corrected chi connectivity index (χ0v) is 8.70. The van der Waals surface area contributed by atoms with E-state index in [2.05, 4.69) is 6.07 Å². The molecular weight excluding hydrogens is 198 g/mol. The fourth-order valence-electron chi connectivity index (χ4n) is 1.28. The lowest BCUT2D eigenvalue weighted by Crippen LogP contribution is -2.09. The highest BCUT2D eigenvalue weighted by atomic mass is 35.5. The predicted octanol–water partition coefficient (Wildman–Crippen LogP) is 2.92. The summed E-state index contributed by atoms with van der Waals surface area (Å²) < 4.78 is 0. The molecule has 0 radical (unpaired) electrons. The molecule has 0 amide bonds. The average molecular weight is 210 g/mol. The van der Waals surface area contributed by atoms with E-state index in [0.29, 0.717) is 11.4 Å². The highest BCUT2D eigenvalue weighted by Gasteiger charge is 2.18. The summed E-state index contributed by atoms with van der Waals surface area (Å²) in [5.41, 5.74) is 0.739. The van der Waals surface area contributed by atoms with Gasteiger partial charge in [0, 0.05) is 5.02 Å². The Morgan fingerprint density at radius 2 is 2.00 bits per heavy atom. The minimum Gasteiger partial charge on any atom is -0.387 e. The molecule has 74 valence electrons. The second-order valence-electron chi connectivity index (χ2n) is 3.14. The molecule has 0 spiro atoms. The van der Waals surface area contributed by atoms with E-state index in [-0.39, 0.29) is 5.92 Å². The first-order valence-electron chi connectivity index (χ1n) is 4.52. The highest BCUT2D eigenvalue weighted by molar-refractivity contribution is 6.30. The molecule has 0 saturated heterocycles. The van der Waals surface area contributed by atoms with Gasteiger partial charge in [-0.05, 0) is 24.1 Å². The number of halogens is 1. The van der Waals surface area contributed by atoms with Gasteiger partial charge in [-0.1, -0.05) is 30.7 Å². The maximum Gasteiger partial charge on any atom is 0.0948 e. The van der Waals surface area contributed by atoms with E-state index >= 15 is 0 Å². The molecule has 2 atom stereocenters. The largest absolute Gasteiger partial charge is 0.387 e. The predicted molar refractivity (Wildman–Crippen MR) is 55.8 cm³/mol. The zero-order chi connectivity index (χ0) is 10.6. The van der Waals surface area contributed by atoms with Crippen molar-refractivity contribution >= 4 is 11.6 Å². The molecule has 0 aliphatic rings. The molecular formula is C11H12ClNO. The number of nitrogens with zero attached hydrogens (tertiary/aromatic N) is 1. The minimum atomic E-state index is -0.720. The zero-order valence-electron chi connectivity index (χ0n) is 7.94. The first-order chi connectivity index (χ1) is 6.69. The van der Waals surface area contributed by atoms with Crippen molar-refractivity contribution in [3.8, 4) is 6.07 Å². The molecule has 1 rings (SSSR count). The molecule has 2 nitrogen and oxygen atoms in total. The molecule has 0 fully saturated rings. The summed E-state index contributed by atoms with van der Waals surface area (Å²) in [4.78, 5) is 0. The Morgan fingerprint density at radius 3 is 2.43 bits per heavy atom. The number of aliphatic hydroxyl groups excluding tert-OH is 1. The van der Waals surface area contributed by atoms with Crippen LogP contribution in [0, 0.1) is 17.2 Å². The van der Waals surface area contributed by atoms with Gasteiger partial charge in [-0.25, -0.2) is 0 Å². The summed E-state index contributed by atoms with van der Waals surface area (Å²) in [6, 6.07) is 8.99. The third kappa shape index (κ3) is 2.47. The van der Waals surface area contributed by atoms with Crippen LogP contribution in [0.15, 0.2) is 24.3 Å². The number of rotatable bonds is 3. The van der Waals surface area contributed by atoms with Gasteiger partial charge in [0.15, 0.2) is 0 Å². The van der Waals surface area contributed by atoms with Crippen molar-refractivity contribution in [2.24, 2.45) is 5.92 Å². The number of hydrogen-bond acceptors (Lipinski definition) is 2. The molecule has 1 N–H and O–H groups in total. The van der Waals surface area contributed by atoms with Crippen LogP contribution in [0.4, 0.5) is 0 Å². The maximum absolute atomic E-state index is 9.81. The monoisotopic (exact) mass is 209 g/mol. The van der Waals surface area contributed by atoms with Crippen molar-refractivity contribution in [3.63, 3.8) is 0 Å². The fourth-order valence-corrected chi connectivity index (χ4v) is 1.40. The molecule has 0 aliphatic carbocycles. The van der Waals surface area contributed by atoms with Gasteiger partial charge in [-0.2, -0.15) is 5.26 Å². The Balaban J connectivity index is 2.84. The Kier molecular flexibility index (Phi) is 3.94. The van der Waals surface area contributed by atoms with Crippen LogP contribution < -0.4 is 0 Å². The van der Waals surface area contributed by atoms with Gasteiger partial charge in [-0.15, -0.1) is 0 Å². The number of aliphatic hydroxyl groups is 1. The standard InChI is InChI=1S/C11H12ClNO/c1-2-8(7-13)11(14)9-3-5-10(12)6-4-9/h3-6,8,11,14H,2H2,1H3/t8-,11+/m1/s1. The van der Waals surface area contributed by atoms with Crippen LogP contribution in [0.25, 0.3) is 0 Å². The van der Waals surface area contributed by atoms with Crippen LogP contribution in [0.1, 0.15) is 25.0 Å². The molecule has 14 heavy (non-hydrogen) atoms. The van der Waals surface area contributed by atoms with Crippen LogP contribution >= 0.6 is 11.6 Å². The van der Waals surface area contributed by atoms with Crippen molar-refractivity contribution in [2.75, 3.05) is 0 Å². The summed E-state index contributed by atoms with van der Waals surface area (Å²) >= 11 is 5.72. The second-order valence-corrected chi connectivity index (χ2v) is 3.58. The van der Waals surface area contributed by atoms with E-state index in [0.717, 1.165) is 5.56 Å².